The summed E-state index contributed by atoms with van der Waals surface area (Å²) in [4.78, 5) is 17.2. The minimum absolute atomic E-state index is 0.320. The van der Waals surface area contributed by atoms with E-state index in [0.717, 1.165) is 5.69 Å². The number of hydrogen-bond acceptors (Lipinski definition) is 6. The van der Waals surface area contributed by atoms with Crippen LogP contribution in [-0.2, 0) is 4.74 Å². The van der Waals surface area contributed by atoms with E-state index in [1.54, 1.807) is 48.4 Å². The third-order valence-corrected chi connectivity index (χ3v) is 4.25. The highest BCUT2D eigenvalue weighted by atomic mass is 16.5. The lowest BCUT2D eigenvalue weighted by molar-refractivity contribution is 0.101. The summed E-state index contributed by atoms with van der Waals surface area (Å²) in [5.74, 6) is 0.719. The molecule has 0 atom stereocenters. The van der Waals surface area contributed by atoms with Crippen molar-refractivity contribution in [2.45, 2.75) is 0 Å². The Balaban J connectivity index is 1.57. The fraction of sp³-hybridized carbons (Fsp3) is 0.136. The first-order chi connectivity index (χ1) is 14.7. The molecule has 0 fully saturated rings. The molecule has 8 nitrogen and oxygen atoms in total. The van der Waals surface area contributed by atoms with Crippen LogP contribution in [0.1, 0.15) is 10.5 Å². The summed E-state index contributed by atoms with van der Waals surface area (Å²) in [6.45, 7) is 0.878. The van der Waals surface area contributed by atoms with Crippen LogP contribution in [0, 0.1) is 0 Å². The van der Waals surface area contributed by atoms with Crippen LogP contribution in [0.4, 0.5) is 5.69 Å². The molecule has 3 aromatic heterocycles. The number of benzene rings is 1. The highest BCUT2D eigenvalue weighted by Gasteiger charge is 2.19. The van der Waals surface area contributed by atoms with Crippen molar-refractivity contribution in [1.29, 1.82) is 0 Å². The molecule has 0 spiro atoms. The van der Waals surface area contributed by atoms with E-state index in [1.165, 1.54) is 6.20 Å². The van der Waals surface area contributed by atoms with Crippen LogP contribution in [0.3, 0.4) is 0 Å². The first-order valence-corrected chi connectivity index (χ1v) is 9.33. The molecule has 4 aromatic rings. The zero-order chi connectivity index (χ0) is 20.8. The number of methoxy groups -OCH3 is 1. The average Bonchev–Trinajstić information content (AvgIpc) is 3.46. The van der Waals surface area contributed by atoms with Crippen LogP contribution in [0.2, 0.25) is 0 Å². The van der Waals surface area contributed by atoms with Crippen molar-refractivity contribution in [2.75, 3.05) is 25.6 Å². The predicted molar refractivity (Wildman–Crippen MR) is 111 cm³/mol. The largest absolute Gasteiger partial charge is 0.475 e. The molecule has 0 saturated heterocycles. The van der Waals surface area contributed by atoms with E-state index in [2.05, 4.69) is 15.4 Å². The Morgan fingerprint density at radius 2 is 1.97 bits per heavy atom. The molecule has 3 heterocycles. The summed E-state index contributed by atoms with van der Waals surface area (Å²) in [6.07, 6.45) is 3.11. The van der Waals surface area contributed by atoms with Gasteiger partial charge in [0.2, 0.25) is 5.88 Å². The van der Waals surface area contributed by atoms with E-state index in [1.807, 2.05) is 30.3 Å². The second kappa shape index (κ2) is 9.06. The standard InChI is InChI=1S/C22H20N4O4/c1-28-12-13-30-21-10-9-16(15-23-21)24-22(27)19-14-18(20-8-5-11-29-20)25-26(19)17-6-3-2-4-7-17/h2-11,14-15H,12-13H2,1H3,(H,24,27). The van der Waals surface area contributed by atoms with Crippen molar-refractivity contribution in [3.05, 3.63) is 78.8 Å². The van der Waals surface area contributed by atoms with Crippen LogP contribution in [0.15, 0.2) is 77.5 Å². The molecule has 0 saturated carbocycles. The quantitative estimate of drug-likeness (QED) is 0.449. The number of para-hydroxylation sites is 1. The summed E-state index contributed by atoms with van der Waals surface area (Å²) in [5, 5.41) is 7.40. The summed E-state index contributed by atoms with van der Waals surface area (Å²) >= 11 is 0. The predicted octanol–water partition coefficient (Wildman–Crippen LogP) is 3.80. The minimum Gasteiger partial charge on any atom is -0.475 e. The van der Waals surface area contributed by atoms with E-state index < -0.39 is 0 Å². The number of rotatable bonds is 8. The average molecular weight is 404 g/mol. The normalized spacial score (nSPS) is 10.7. The van der Waals surface area contributed by atoms with Crippen molar-refractivity contribution < 1.29 is 18.7 Å². The van der Waals surface area contributed by atoms with Gasteiger partial charge in [0, 0.05) is 19.2 Å². The molecule has 0 aliphatic carbocycles. The molecular formula is C22H20N4O4. The van der Waals surface area contributed by atoms with Crippen molar-refractivity contribution in [3.8, 4) is 23.0 Å². The Morgan fingerprint density at radius 1 is 1.10 bits per heavy atom. The smallest absolute Gasteiger partial charge is 0.274 e. The van der Waals surface area contributed by atoms with Gasteiger partial charge in [-0.3, -0.25) is 4.79 Å². The van der Waals surface area contributed by atoms with Crippen molar-refractivity contribution in [1.82, 2.24) is 14.8 Å². The lowest BCUT2D eigenvalue weighted by Gasteiger charge is -2.09. The van der Waals surface area contributed by atoms with Gasteiger partial charge in [-0.05, 0) is 30.3 Å². The first kappa shape index (κ1) is 19.4. The monoisotopic (exact) mass is 404 g/mol. The van der Waals surface area contributed by atoms with Gasteiger partial charge < -0.3 is 19.2 Å². The van der Waals surface area contributed by atoms with Gasteiger partial charge in [0.1, 0.15) is 18.0 Å². The van der Waals surface area contributed by atoms with Gasteiger partial charge in [0.15, 0.2) is 5.76 Å². The summed E-state index contributed by atoms with van der Waals surface area (Å²) in [5.41, 5.74) is 2.24. The number of ether oxygens (including phenoxy) is 2. The molecular weight excluding hydrogens is 384 g/mol. The van der Waals surface area contributed by atoms with Gasteiger partial charge in [-0.15, -0.1) is 0 Å². The maximum absolute atomic E-state index is 13.0. The molecule has 1 aromatic carbocycles. The zero-order valence-corrected chi connectivity index (χ0v) is 16.3. The molecule has 0 aliphatic rings. The Bertz CT molecular complexity index is 1090. The van der Waals surface area contributed by atoms with Crippen LogP contribution < -0.4 is 10.1 Å². The topological polar surface area (TPSA) is 91.4 Å². The lowest BCUT2D eigenvalue weighted by atomic mass is 10.2. The van der Waals surface area contributed by atoms with Crippen molar-refractivity contribution in [2.24, 2.45) is 0 Å². The number of carbonyl (C=O) groups excluding carboxylic acids is 1. The molecule has 1 N–H and O–H groups in total. The number of amides is 1. The van der Waals surface area contributed by atoms with Gasteiger partial charge in [-0.25, -0.2) is 9.67 Å². The van der Waals surface area contributed by atoms with Crippen LogP contribution >= 0.6 is 0 Å². The molecule has 8 heteroatoms. The van der Waals surface area contributed by atoms with E-state index in [-0.39, 0.29) is 5.91 Å². The fourth-order valence-electron chi connectivity index (χ4n) is 2.82. The van der Waals surface area contributed by atoms with E-state index in [0.29, 0.717) is 41.9 Å². The van der Waals surface area contributed by atoms with E-state index in [4.69, 9.17) is 13.9 Å². The van der Waals surface area contributed by atoms with Gasteiger partial charge in [0.05, 0.1) is 30.4 Å². The number of carbonyl (C=O) groups is 1. The van der Waals surface area contributed by atoms with E-state index >= 15 is 0 Å². The second-order valence-electron chi connectivity index (χ2n) is 6.32. The third-order valence-electron chi connectivity index (χ3n) is 4.25. The Kier molecular flexibility index (Phi) is 5.86. The Labute approximate surface area is 173 Å². The Hall–Kier alpha value is -3.91. The van der Waals surface area contributed by atoms with Gasteiger partial charge >= 0.3 is 0 Å². The molecule has 0 aliphatic heterocycles. The van der Waals surface area contributed by atoms with Crippen molar-refractivity contribution in [3.63, 3.8) is 0 Å². The second-order valence-corrected chi connectivity index (χ2v) is 6.32. The summed E-state index contributed by atoms with van der Waals surface area (Å²) in [7, 11) is 1.60. The molecule has 152 valence electrons. The number of hydrogen-bond donors (Lipinski definition) is 1. The maximum Gasteiger partial charge on any atom is 0.274 e. The molecule has 0 bridgehead atoms. The summed E-state index contributed by atoms with van der Waals surface area (Å²) < 4.78 is 17.4. The number of pyridine rings is 1. The molecule has 4 rings (SSSR count). The van der Waals surface area contributed by atoms with Gasteiger partial charge in [-0.1, -0.05) is 18.2 Å². The zero-order valence-electron chi connectivity index (χ0n) is 16.3. The first-order valence-electron chi connectivity index (χ1n) is 9.33. The number of nitrogens with one attached hydrogen (secondary N) is 1. The number of aromatic nitrogens is 3. The highest BCUT2D eigenvalue weighted by Crippen LogP contribution is 2.23. The van der Waals surface area contributed by atoms with Crippen molar-refractivity contribution >= 4 is 11.6 Å². The highest BCUT2D eigenvalue weighted by molar-refractivity contribution is 6.04. The van der Waals surface area contributed by atoms with E-state index in [9.17, 15) is 4.79 Å². The Morgan fingerprint density at radius 3 is 2.67 bits per heavy atom. The van der Waals surface area contributed by atoms with Gasteiger partial charge in [0.25, 0.3) is 5.91 Å². The number of anilines is 1. The maximum atomic E-state index is 13.0. The van der Waals surface area contributed by atoms with Crippen LogP contribution in [0.25, 0.3) is 17.1 Å². The lowest BCUT2D eigenvalue weighted by Crippen LogP contribution is -2.17. The van der Waals surface area contributed by atoms with Gasteiger partial charge in [-0.2, -0.15) is 5.10 Å². The van der Waals surface area contributed by atoms with Crippen LogP contribution in [0.5, 0.6) is 5.88 Å². The molecule has 0 unspecified atom stereocenters. The van der Waals surface area contributed by atoms with Crippen LogP contribution in [-0.4, -0.2) is 41.0 Å². The number of furan rings is 1. The SMILES string of the molecule is COCCOc1ccc(NC(=O)c2cc(-c3ccco3)nn2-c2ccccc2)cn1. The fourth-order valence-corrected chi connectivity index (χ4v) is 2.82. The molecule has 1 amide bonds. The number of nitrogens with zero attached hydrogens (tertiary/aromatic N) is 3. The third kappa shape index (κ3) is 4.39. The molecule has 0 radical (unpaired) electrons. The summed E-state index contributed by atoms with van der Waals surface area (Å²) in [6, 6.07) is 18.1. The minimum atomic E-state index is -0.320. The molecule has 30 heavy (non-hydrogen) atoms.